The summed E-state index contributed by atoms with van der Waals surface area (Å²) in [5.74, 6) is 3.52. The van der Waals surface area contributed by atoms with Crippen molar-refractivity contribution in [3.05, 3.63) is 11.9 Å². The van der Waals surface area contributed by atoms with Crippen LogP contribution < -0.4 is 5.32 Å². The predicted molar refractivity (Wildman–Crippen MR) is 72.8 cm³/mol. The van der Waals surface area contributed by atoms with Gasteiger partial charge in [-0.1, -0.05) is 0 Å². The molecule has 4 nitrogen and oxygen atoms in total. The van der Waals surface area contributed by atoms with Gasteiger partial charge in [-0.25, -0.2) is 4.98 Å². The number of hydrogen-bond acceptors (Lipinski definition) is 4. The third kappa shape index (κ3) is 3.64. The van der Waals surface area contributed by atoms with E-state index in [-0.39, 0.29) is 0 Å². The lowest BCUT2D eigenvalue weighted by Gasteiger charge is -2.23. The van der Waals surface area contributed by atoms with Crippen LogP contribution in [-0.4, -0.2) is 40.8 Å². The highest BCUT2D eigenvalue weighted by atomic mass is 32.2. The average Bonchev–Trinajstić information content (AvgIpc) is 2.68. The molecule has 1 N–H and O–H groups in total. The second kappa shape index (κ2) is 6.31. The zero-order chi connectivity index (χ0) is 12.1. The van der Waals surface area contributed by atoms with Gasteiger partial charge in [-0.2, -0.15) is 11.8 Å². The van der Waals surface area contributed by atoms with E-state index in [1.54, 1.807) is 7.11 Å². The minimum absolute atomic E-state index is 0.583. The number of imidazole rings is 1. The molecule has 0 amide bonds. The highest BCUT2D eigenvalue weighted by molar-refractivity contribution is 7.99. The van der Waals surface area contributed by atoms with E-state index < -0.39 is 0 Å². The lowest BCUT2D eigenvalue weighted by atomic mass is 10.2. The third-order valence-corrected chi connectivity index (χ3v) is 4.04. The molecule has 0 bridgehead atoms. The van der Waals surface area contributed by atoms with Gasteiger partial charge >= 0.3 is 0 Å². The van der Waals surface area contributed by atoms with Gasteiger partial charge in [0.25, 0.3) is 0 Å². The third-order valence-electron chi connectivity index (χ3n) is 2.99. The molecule has 1 aliphatic rings. The van der Waals surface area contributed by atoms with Gasteiger partial charge in [-0.15, -0.1) is 0 Å². The van der Waals surface area contributed by atoms with Crippen molar-refractivity contribution >= 4 is 17.7 Å². The molecule has 0 aromatic carbocycles. The zero-order valence-corrected chi connectivity index (χ0v) is 11.4. The number of ether oxygens (including phenoxy) is 1. The molecule has 2 rings (SSSR count). The number of methoxy groups -OCH3 is 1. The lowest BCUT2D eigenvalue weighted by molar-refractivity contribution is 0.187. The van der Waals surface area contributed by atoms with Gasteiger partial charge in [0.2, 0.25) is 5.95 Å². The number of aryl methyl sites for hydroxylation is 1. The number of aromatic nitrogens is 2. The van der Waals surface area contributed by atoms with Crippen molar-refractivity contribution < 1.29 is 4.74 Å². The molecule has 17 heavy (non-hydrogen) atoms. The van der Waals surface area contributed by atoms with Crippen LogP contribution >= 0.6 is 11.8 Å². The van der Waals surface area contributed by atoms with E-state index in [0.717, 1.165) is 24.8 Å². The second-order valence-electron chi connectivity index (χ2n) is 4.42. The molecule has 0 unspecified atom stereocenters. The highest BCUT2D eigenvalue weighted by Gasteiger charge is 2.15. The molecule has 1 saturated heterocycles. The minimum atomic E-state index is 0.583. The maximum absolute atomic E-state index is 5.12. The Morgan fingerprint density at radius 1 is 1.53 bits per heavy atom. The van der Waals surface area contributed by atoms with Crippen molar-refractivity contribution in [1.82, 2.24) is 9.55 Å². The summed E-state index contributed by atoms with van der Waals surface area (Å²) in [6.45, 7) is 3.62. The predicted octanol–water partition coefficient (Wildman–Crippen LogP) is 2.15. The first-order valence-corrected chi connectivity index (χ1v) is 7.32. The SMILES string of the molecule is COCCn1cc(C)nc1NC1CCSCC1. The smallest absolute Gasteiger partial charge is 0.203 e. The lowest BCUT2D eigenvalue weighted by Crippen LogP contribution is -2.26. The van der Waals surface area contributed by atoms with E-state index >= 15 is 0 Å². The van der Waals surface area contributed by atoms with E-state index in [9.17, 15) is 0 Å². The molecule has 0 saturated carbocycles. The van der Waals surface area contributed by atoms with Gasteiger partial charge in [-0.3, -0.25) is 0 Å². The maximum atomic E-state index is 5.12. The summed E-state index contributed by atoms with van der Waals surface area (Å²) >= 11 is 2.05. The maximum Gasteiger partial charge on any atom is 0.203 e. The minimum Gasteiger partial charge on any atom is -0.383 e. The quantitative estimate of drug-likeness (QED) is 0.875. The molecule has 0 radical (unpaired) electrons. The van der Waals surface area contributed by atoms with E-state index in [1.807, 2.05) is 18.7 Å². The number of nitrogens with one attached hydrogen (secondary N) is 1. The van der Waals surface area contributed by atoms with Gasteiger partial charge in [0.1, 0.15) is 0 Å². The van der Waals surface area contributed by atoms with Crippen molar-refractivity contribution in [1.29, 1.82) is 0 Å². The molecule has 96 valence electrons. The Morgan fingerprint density at radius 2 is 2.29 bits per heavy atom. The van der Waals surface area contributed by atoms with E-state index in [4.69, 9.17) is 4.74 Å². The summed E-state index contributed by atoms with van der Waals surface area (Å²) < 4.78 is 7.27. The Labute approximate surface area is 107 Å². The number of thioether (sulfide) groups is 1. The van der Waals surface area contributed by atoms with Crippen LogP contribution in [0.1, 0.15) is 18.5 Å². The summed E-state index contributed by atoms with van der Waals surface area (Å²) in [6.07, 6.45) is 4.56. The number of nitrogens with zero attached hydrogens (tertiary/aromatic N) is 2. The van der Waals surface area contributed by atoms with Crippen LogP contribution in [0.4, 0.5) is 5.95 Å². The topological polar surface area (TPSA) is 39.1 Å². The van der Waals surface area contributed by atoms with E-state index in [2.05, 4.69) is 21.1 Å². The fourth-order valence-electron chi connectivity index (χ4n) is 2.05. The summed E-state index contributed by atoms with van der Waals surface area (Å²) in [5.41, 5.74) is 1.06. The van der Waals surface area contributed by atoms with Crippen LogP contribution in [0.25, 0.3) is 0 Å². The Bertz CT molecular complexity index is 348. The summed E-state index contributed by atoms with van der Waals surface area (Å²) in [7, 11) is 1.73. The molecular formula is C12H21N3OS. The Kier molecular flexibility index (Phi) is 4.74. The van der Waals surface area contributed by atoms with Gasteiger partial charge in [0.15, 0.2) is 0 Å². The molecule has 1 fully saturated rings. The van der Waals surface area contributed by atoms with Crippen LogP contribution in [0.2, 0.25) is 0 Å². The molecule has 0 spiro atoms. The van der Waals surface area contributed by atoms with Crippen molar-refractivity contribution in [3.63, 3.8) is 0 Å². The Morgan fingerprint density at radius 3 is 3.00 bits per heavy atom. The van der Waals surface area contributed by atoms with Gasteiger partial charge in [-0.05, 0) is 31.3 Å². The van der Waals surface area contributed by atoms with Gasteiger partial charge in [0.05, 0.1) is 12.3 Å². The molecule has 1 aromatic rings. The fraction of sp³-hybridized carbons (Fsp3) is 0.750. The van der Waals surface area contributed by atoms with Crippen molar-refractivity contribution in [2.75, 3.05) is 30.5 Å². The van der Waals surface area contributed by atoms with E-state index in [1.165, 1.54) is 24.3 Å². The molecular weight excluding hydrogens is 234 g/mol. The number of hydrogen-bond donors (Lipinski definition) is 1. The monoisotopic (exact) mass is 255 g/mol. The van der Waals surface area contributed by atoms with Crippen LogP contribution in [-0.2, 0) is 11.3 Å². The summed E-state index contributed by atoms with van der Waals surface area (Å²) in [6, 6.07) is 0.583. The van der Waals surface area contributed by atoms with Gasteiger partial charge in [0, 0.05) is 25.9 Å². The normalized spacial score (nSPS) is 17.3. The molecule has 1 aromatic heterocycles. The molecule has 2 heterocycles. The zero-order valence-electron chi connectivity index (χ0n) is 10.6. The molecule has 5 heteroatoms. The molecule has 0 aliphatic carbocycles. The van der Waals surface area contributed by atoms with Crippen LogP contribution in [0.3, 0.4) is 0 Å². The standard InChI is InChI=1S/C12H21N3OS/c1-10-9-15(5-6-16-2)12(13-10)14-11-3-7-17-8-4-11/h9,11H,3-8H2,1-2H3,(H,13,14). The van der Waals surface area contributed by atoms with Crippen molar-refractivity contribution in [3.8, 4) is 0 Å². The van der Waals surface area contributed by atoms with E-state index in [0.29, 0.717) is 6.04 Å². The van der Waals surface area contributed by atoms with Crippen LogP contribution in [0.15, 0.2) is 6.20 Å². The average molecular weight is 255 g/mol. The Balaban J connectivity index is 1.97. The van der Waals surface area contributed by atoms with Crippen LogP contribution in [0, 0.1) is 6.92 Å². The first-order valence-electron chi connectivity index (χ1n) is 6.16. The number of rotatable bonds is 5. The molecule has 1 aliphatic heterocycles. The van der Waals surface area contributed by atoms with Crippen LogP contribution in [0.5, 0.6) is 0 Å². The van der Waals surface area contributed by atoms with Crippen molar-refractivity contribution in [2.24, 2.45) is 0 Å². The largest absolute Gasteiger partial charge is 0.383 e. The fourth-order valence-corrected chi connectivity index (χ4v) is 3.15. The first kappa shape index (κ1) is 12.8. The number of anilines is 1. The summed E-state index contributed by atoms with van der Waals surface area (Å²) in [4.78, 5) is 4.55. The Hall–Kier alpha value is -0.680. The highest BCUT2D eigenvalue weighted by Crippen LogP contribution is 2.20. The first-order chi connectivity index (χ1) is 8.29. The second-order valence-corrected chi connectivity index (χ2v) is 5.65. The summed E-state index contributed by atoms with van der Waals surface area (Å²) in [5, 5.41) is 3.56. The van der Waals surface area contributed by atoms with Gasteiger partial charge < -0.3 is 14.6 Å². The molecule has 0 atom stereocenters. The van der Waals surface area contributed by atoms with Crippen molar-refractivity contribution in [2.45, 2.75) is 32.4 Å².